The van der Waals surface area contributed by atoms with E-state index in [1.807, 2.05) is 0 Å². The van der Waals surface area contributed by atoms with Crippen LogP contribution in [0.15, 0.2) is 24.3 Å². The number of allylic oxidation sites excluding steroid dienone is 4. The zero-order valence-electron chi connectivity index (χ0n) is 29.9. The second-order valence-corrected chi connectivity index (χ2v) is 13.0. The molecule has 0 rings (SSSR count). The van der Waals surface area contributed by atoms with E-state index < -0.39 is 6.10 Å². The molecule has 1 unspecified atom stereocenters. The fourth-order valence-electron chi connectivity index (χ4n) is 5.53. The third-order valence-electron chi connectivity index (χ3n) is 8.48. The van der Waals surface area contributed by atoms with Crippen molar-refractivity contribution >= 4 is 11.9 Å². The zero-order chi connectivity index (χ0) is 32.9. The molecule has 0 fully saturated rings. The maximum atomic E-state index is 12.1. The van der Waals surface area contributed by atoms with Crippen LogP contribution in [-0.4, -0.2) is 36.4 Å². The highest BCUT2D eigenvalue weighted by Crippen LogP contribution is 2.15. The summed E-state index contributed by atoms with van der Waals surface area (Å²) in [4.78, 5) is 24.2. The smallest absolute Gasteiger partial charge is 0.306 e. The van der Waals surface area contributed by atoms with E-state index in [2.05, 4.69) is 38.2 Å². The third kappa shape index (κ3) is 35.1. The van der Waals surface area contributed by atoms with Crippen molar-refractivity contribution < 1.29 is 24.2 Å². The number of esters is 2. The molecule has 0 heterocycles. The van der Waals surface area contributed by atoms with E-state index in [0.717, 1.165) is 57.8 Å². The van der Waals surface area contributed by atoms with Crippen LogP contribution in [0.25, 0.3) is 0 Å². The molecule has 1 atom stereocenters. The molecule has 0 aromatic rings. The highest BCUT2D eigenvalue weighted by Gasteiger charge is 2.16. The van der Waals surface area contributed by atoms with Crippen LogP contribution >= 0.6 is 0 Å². The molecular weight excluding hydrogens is 560 g/mol. The Morgan fingerprint density at radius 2 is 0.933 bits per heavy atom. The number of hydrogen-bond donors (Lipinski definition) is 1. The molecular formula is C40H74O5. The summed E-state index contributed by atoms with van der Waals surface area (Å²) in [5.74, 6) is -0.601. The second kappa shape index (κ2) is 36.8. The van der Waals surface area contributed by atoms with Crippen molar-refractivity contribution in [2.24, 2.45) is 0 Å². The van der Waals surface area contributed by atoms with Crippen molar-refractivity contribution in [2.75, 3.05) is 13.2 Å². The van der Waals surface area contributed by atoms with Gasteiger partial charge in [-0.2, -0.15) is 0 Å². The van der Waals surface area contributed by atoms with Crippen LogP contribution < -0.4 is 0 Å². The van der Waals surface area contributed by atoms with Gasteiger partial charge in [-0.15, -0.1) is 0 Å². The Hall–Kier alpha value is -1.62. The second-order valence-electron chi connectivity index (χ2n) is 13.0. The van der Waals surface area contributed by atoms with Crippen molar-refractivity contribution in [1.29, 1.82) is 0 Å². The number of ether oxygens (including phenoxy) is 2. The van der Waals surface area contributed by atoms with Crippen LogP contribution in [0.2, 0.25) is 0 Å². The average Bonchev–Trinajstić information content (AvgIpc) is 3.04. The van der Waals surface area contributed by atoms with Gasteiger partial charge < -0.3 is 14.6 Å². The van der Waals surface area contributed by atoms with Gasteiger partial charge in [0.25, 0.3) is 0 Å². The first-order valence-corrected chi connectivity index (χ1v) is 19.4. The molecule has 1 N–H and O–H groups in total. The normalized spacial score (nSPS) is 12.3. The molecule has 45 heavy (non-hydrogen) atoms. The lowest BCUT2D eigenvalue weighted by Gasteiger charge is -2.15. The lowest BCUT2D eigenvalue weighted by molar-refractivity contribution is -0.161. The maximum Gasteiger partial charge on any atom is 0.306 e. The standard InChI is InChI=1S/C40H74O5/c1-3-5-7-9-11-13-15-17-18-19-20-21-23-24-26-28-30-32-34-39(42)44-37-38(36-41)45-40(43)35-33-31-29-27-25-22-16-14-12-10-8-6-4-2/h8,10,14,16,38,41H,3-7,9,11-13,15,17-37H2,1-2H3/b10-8-,16-14-. The summed E-state index contributed by atoms with van der Waals surface area (Å²) < 4.78 is 10.6. The summed E-state index contributed by atoms with van der Waals surface area (Å²) in [5, 5.41) is 9.53. The van der Waals surface area contributed by atoms with E-state index in [9.17, 15) is 14.7 Å². The van der Waals surface area contributed by atoms with E-state index in [1.54, 1.807) is 0 Å². The summed E-state index contributed by atoms with van der Waals surface area (Å²) in [7, 11) is 0. The van der Waals surface area contributed by atoms with Gasteiger partial charge in [-0.3, -0.25) is 9.59 Å². The molecule has 5 heteroatoms. The molecule has 0 spiro atoms. The number of aliphatic hydroxyl groups excluding tert-OH is 1. The lowest BCUT2D eigenvalue weighted by Crippen LogP contribution is -2.28. The van der Waals surface area contributed by atoms with E-state index in [-0.39, 0.29) is 25.2 Å². The van der Waals surface area contributed by atoms with Crippen LogP contribution in [0.4, 0.5) is 0 Å². The quantitative estimate of drug-likeness (QED) is 0.0426. The summed E-state index contributed by atoms with van der Waals surface area (Å²) in [6.45, 7) is 4.07. The molecule has 0 aliphatic rings. The predicted molar refractivity (Wildman–Crippen MR) is 191 cm³/mol. The highest BCUT2D eigenvalue weighted by molar-refractivity contribution is 5.70. The van der Waals surface area contributed by atoms with E-state index >= 15 is 0 Å². The molecule has 0 radical (unpaired) electrons. The SMILES string of the molecule is CCC/C=C\C/C=C\CCCCCCCC(=O)OC(CO)COC(=O)CCCCCCCCCCCCCCCCCCCC. The Balaban J connectivity index is 3.52. The van der Waals surface area contributed by atoms with Crippen molar-refractivity contribution in [3.63, 3.8) is 0 Å². The zero-order valence-corrected chi connectivity index (χ0v) is 29.9. The van der Waals surface area contributed by atoms with Crippen LogP contribution in [-0.2, 0) is 19.1 Å². The molecule has 264 valence electrons. The number of carbonyl (C=O) groups excluding carboxylic acids is 2. The highest BCUT2D eigenvalue weighted by atomic mass is 16.6. The largest absolute Gasteiger partial charge is 0.462 e. The van der Waals surface area contributed by atoms with Gasteiger partial charge in [-0.25, -0.2) is 0 Å². The first-order chi connectivity index (χ1) is 22.1. The first-order valence-electron chi connectivity index (χ1n) is 19.4. The maximum absolute atomic E-state index is 12.1. The molecule has 0 saturated heterocycles. The van der Waals surface area contributed by atoms with Crippen molar-refractivity contribution in [3.8, 4) is 0 Å². The molecule has 0 bridgehead atoms. The predicted octanol–water partition coefficient (Wildman–Crippen LogP) is 11.9. The van der Waals surface area contributed by atoms with Crippen molar-refractivity contribution in [1.82, 2.24) is 0 Å². The Bertz CT molecular complexity index is 686. The van der Waals surface area contributed by atoms with Gasteiger partial charge in [0.05, 0.1) is 6.61 Å². The molecule has 0 aliphatic carbocycles. The molecule has 0 aromatic carbocycles. The summed E-state index contributed by atoms with van der Waals surface area (Å²) in [5.41, 5.74) is 0. The first kappa shape index (κ1) is 43.4. The number of hydrogen-bond acceptors (Lipinski definition) is 5. The molecule has 0 aromatic heterocycles. The van der Waals surface area contributed by atoms with E-state index in [4.69, 9.17) is 9.47 Å². The minimum atomic E-state index is -0.773. The summed E-state index contributed by atoms with van der Waals surface area (Å²) >= 11 is 0. The fraction of sp³-hybridized carbons (Fsp3) is 0.850. The van der Waals surface area contributed by atoms with E-state index in [0.29, 0.717) is 12.8 Å². The van der Waals surface area contributed by atoms with Gasteiger partial charge in [0.2, 0.25) is 0 Å². The average molecular weight is 635 g/mol. The van der Waals surface area contributed by atoms with Crippen LogP contribution in [0, 0.1) is 0 Å². The fourth-order valence-corrected chi connectivity index (χ4v) is 5.53. The van der Waals surface area contributed by atoms with E-state index in [1.165, 1.54) is 116 Å². The Morgan fingerprint density at radius 3 is 1.40 bits per heavy atom. The number of unbranched alkanes of at least 4 members (excludes halogenated alkanes) is 23. The summed E-state index contributed by atoms with van der Waals surface area (Å²) in [6, 6.07) is 0. The van der Waals surface area contributed by atoms with Gasteiger partial charge in [0.15, 0.2) is 6.10 Å². The van der Waals surface area contributed by atoms with Crippen LogP contribution in [0.1, 0.15) is 200 Å². The van der Waals surface area contributed by atoms with Crippen molar-refractivity contribution in [3.05, 3.63) is 24.3 Å². The molecule has 5 nitrogen and oxygen atoms in total. The van der Waals surface area contributed by atoms with Gasteiger partial charge in [0.1, 0.15) is 6.61 Å². The Kier molecular flexibility index (Phi) is 35.5. The number of rotatable bonds is 35. The number of carbonyl (C=O) groups is 2. The minimum absolute atomic E-state index is 0.0674. The lowest BCUT2D eigenvalue weighted by atomic mass is 10.0. The molecule has 0 saturated carbocycles. The Labute approximate surface area is 279 Å². The Morgan fingerprint density at radius 1 is 0.511 bits per heavy atom. The van der Waals surface area contributed by atoms with Gasteiger partial charge in [0, 0.05) is 12.8 Å². The van der Waals surface area contributed by atoms with Gasteiger partial charge in [-0.1, -0.05) is 173 Å². The minimum Gasteiger partial charge on any atom is -0.462 e. The van der Waals surface area contributed by atoms with Crippen LogP contribution in [0.5, 0.6) is 0 Å². The van der Waals surface area contributed by atoms with Crippen LogP contribution in [0.3, 0.4) is 0 Å². The van der Waals surface area contributed by atoms with Gasteiger partial charge >= 0.3 is 11.9 Å². The molecule has 0 amide bonds. The third-order valence-corrected chi connectivity index (χ3v) is 8.48. The number of aliphatic hydroxyl groups is 1. The molecule has 0 aliphatic heterocycles. The monoisotopic (exact) mass is 635 g/mol. The summed E-state index contributed by atoms with van der Waals surface area (Å²) in [6.07, 6.45) is 42.4. The van der Waals surface area contributed by atoms with Crippen molar-refractivity contribution in [2.45, 2.75) is 206 Å². The topological polar surface area (TPSA) is 72.8 Å². The van der Waals surface area contributed by atoms with Gasteiger partial charge in [-0.05, 0) is 38.5 Å².